The van der Waals surface area contributed by atoms with E-state index in [1.807, 2.05) is 0 Å². The fraction of sp³-hybridized carbons (Fsp3) is 0.600. The van der Waals surface area contributed by atoms with Gasteiger partial charge >= 0.3 is 47.8 Å². The Labute approximate surface area is 314 Å². The summed E-state index contributed by atoms with van der Waals surface area (Å²) in [4.78, 5) is 99.6. The number of ether oxygens (including phenoxy) is 11. The highest BCUT2D eigenvalue weighted by molar-refractivity contribution is 5.91. The number of aliphatic hydroxyl groups is 1. The summed E-state index contributed by atoms with van der Waals surface area (Å²) in [7, 11) is 0. The molecule has 0 aromatic heterocycles. The van der Waals surface area contributed by atoms with Crippen molar-refractivity contribution < 1.29 is 95.6 Å². The van der Waals surface area contributed by atoms with Gasteiger partial charge in [0.05, 0.1) is 5.56 Å². The van der Waals surface area contributed by atoms with E-state index in [0.717, 1.165) is 48.5 Å². The topological polar surface area (TPSA) is 258 Å². The van der Waals surface area contributed by atoms with Crippen LogP contribution in [-0.4, -0.2) is 134 Å². The Hall–Kier alpha value is -5.18. The molecule has 0 bridgehead atoms. The van der Waals surface area contributed by atoms with E-state index >= 15 is 0 Å². The first kappa shape index (κ1) is 44.2. The van der Waals surface area contributed by atoms with Crippen molar-refractivity contribution in [3.05, 3.63) is 35.4 Å². The zero-order chi connectivity index (χ0) is 41.0. The van der Waals surface area contributed by atoms with E-state index in [2.05, 4.69) is 0 Å². The lowest BCUT2D eigenvalue weighted by Crippen LogP contribution is -2.67. The summed E-state index contributed by atoms with van der Waals surface area (Å²) < 4.78 is 61.8. The molecule has 10 atom stereocenters. The van der Waals surface area contributed by atoms with Crippen molar-refractivity contribution in [3.63, 3.8) is 0 Å². The van der Waals surface area contributed by atoms with Gasteiger partial charge in [-0.25, -0.2) is 4.79 Å². The van der Waals surface area contributed by atoms with Gasteiger partial charge in [0.2, 0.25) is 6.29 Å². The van der Waals surface area contributed by atoms with E-state index in [1.54, 1.807) is 12.1 Å². The van der Waals surface area contributed by atoms with E-state index in [1.165, 1.54) is 12.1 Å². The maximum Gasteiger partial charge on any atom is 0.339 e. The Morgan fingerprint density at radius 3 is 1.42 bits per heavy atom. The highest BCUT2D eigenvalue weighted by atomic mass is 16.8. The van der Waals surface area contributed by atoms with Gasteiger partial charge in [-0.15, -0.1) is 0 Å². The lowest BCUT2D eigenvalue weighted by Gasteiger charge is -2.48. The average molecular weight is 785 g/mol. The molecule has 304 valence electrons. The van der Waals surface area contributed by atoms with Crippen molar-refractivity contribution in [1.82, 2.24) is 0 Å². The summed E-state index contributed by atoms with van der Waals surface area (Å²) in [6, 6.07) is 6.05. The van der Waals surface area contributed by atoms with Crippen LogP contribution in [0.3, 0.4) is 0 Å². The van der Waals surface area contributed by atoms with E-state index in [-0.39, 0.29) is 18.6 Å². The second-order valence-corrected chi connectivity index (χ2v) is 12.2. The molecule has 0 spiro atoms. The van der Waals surface area contributed by atoms with Gasteiger partial charge in [0.1, 0.15) is 25.4 Å². The minimum atomic E-state index is -1.97. The molecule has 0 saturated carbocycles. The highest BCUT2D eigenvalue weighted by Gasteiger charge is 2.58. The second-order valence-electron chi connectivity index (χ2n) is 12.2. The molecule has 0 aliphatic carbocycles. The van der Waals surface area contributed by atoms with Gasteiger partial charge in [-0.2, -0.15) is 0 Å². The molecule has 2 aliphatic heterocycles. The van der Waals surface area contributed by atoms with Gasteiger partial charge in [-0.1, -0.05) is 18.2 Å². The summed E-state index contributed by atoms with van der Waals surface area (Å²) in [5, 5.41) is 9.61. The molecular weight excluding hydrogens is 740 g/mol. The Morgan fingerprint density at radius 1 is 0.527 bits per heavy atom. The lowest BCUT2D eigenvalue weighted by atomic mass is 9.96. The molecule has 1 N–H and O–H groups in total. The van der Waals surface area contributed by atoms with Gasteiger partial charge in [0.25, 0.3) is 0 Å². The number of hydrogen-bond acceptors (Lipinski definition) is 20. The maximum absolute atomic E-state index is 13.9. The minimum Gasteiger partial charge on any atom is -0.463 e. The standard InChI is InChI=1S/C35H44O20/c1-16(37)45-14-25-28(48-19(4)40)30(50-21(6)42)32(34(52-25)51-22(7)43)55-35-31(54-33(44)24-11-9-8-10-23(24)12-13-36)29(49-20(5)41)27(47-18(3)39)26(53-35)15-46-17(2)38/h8-11,25-32,34-36H,12-15H2,1-7H3/t25-,26-,27-,28-,29+,30+,31-,32-,34+,35+/m1/s1. The fourth-order valence-electron chi connectivity index (χ4n) is 5.78. The van der Waals surface area contributed by atoms with E-state index in [9.17, 15) is 43.5 Å². The van der Waals surface area contributed by atoms with Crippen LogP contribution in [0.1, 0.15) is 64.4 Å². The molecule has 1 aromatic carbocycles. The molecule has 2 fully saturated rings. The average Bonchev–Trinajstić information content (AvgIpc) is 3.07. The molecule has 20 nitrogen and oxygen atoms in total. The first-order chi connectivity index (χ1) is 25.9. The first-order valence-electron chi connectivity index (χ1n) is 16.9. The lowest BCUT2D eigenvalue weighted by molar-refractivity contribution is -0.362. The monoisotopic (exact) mass is 784 g/mol. The van der Waals surface area contributed by atoms with Crippen molar-refractivity contribution in [3.8, 4) is 0 Å². The Kier molecular flexibility index (Phi) is 16.5. The molecule has 0 amide bonds. The first-order valence-corrected chi connectivity index (χ1v) is 16.9. The van der Waals surface area contributed by atoms with Gasteiger partial charge in [0.15, 0.2) is 42.9 Å². The van der Waals surface area contributed by atoms with Crippen LogP contribution < -0.4 is 0 Å². The molecule has 1 aromatic rings. The van der Waals surface area contributed by atoms with E-state index in [0.29, 0.717) is 5.56 Å². The smallest absolute Gasteiger partial charge is 0.339 e. The van der Waals surface area contributed by atoms with Crippen molar-refractivity contribution >= 4 is 47.8 Å². The minimum absolute atomic E-state index is 0.0276. The van der Waals surface area contributed by atoms with Crippen LogP contribution >= 0.6 is 0 Å². The van der Waals surface area contributed by atoms with Crippen LogP contribution in [0.25, 0.3) is 0 Å². The quantitative estimate of drug-likeness (QED) is 0.181. The maximum atomic E-state index is 13.9. The third-order valence-corrected chi connectivity index (χ3v) is 7.73. The summed E-state index contributed by atoms with van der Waals surface area (Å²) in [6.45, 7) is 5.63. The van der Waals surface area contributed by atoms with Crippen LogP contribution in [0.15, 0.2) is 24.3 Å². The SMILES string of the molecule is CC(=O)OC[C@H]1O[C@@H](O[C@H]2[C@@H](OC(C)=O)O[C@H](COC(C)=O)[C@@H](OC(C)=O)[C@@H]2OC(C)=O)[C@H](OC(=O)c2ccccc2CCO)[C@@H](OC(C)=O)[C@@H]1OC(C)=O. The predicted octanol–water partition coefficient (Wildman–Crippen LogP) is -0.00210. The number of carbonyl (C=O) groups excluding carboxylic acids is 8. The van der Waals surface area contributed by atoms with E-state index in [4.69, 9.17) is 52.1 Å². The zero-order valence-corrected chi connectivity index (χ0v) is 31.1. The molecule has 55 heavy (non-hydrogen) atoms. The number of rotatable bonds is 15. The summed E-state index contributed by atoms with van der Waals surface area (Å²) >= 11 is 0. The number of hydrogen-bond donors (Lipinski definition) is 1. The van der Waals surface area contributed by atoms with Gasteiger partial charge in [0, 0.05) is 55.1 Å². The molecule has 2 aliphatic rings. The number of carbonyl (C=O) groups is 8. The summed E-state index contributed by atoms with van der Waals surface area (Å²) in [5.74, 6) is -7.32. The zero-order valence-electron chi connectivity index (χ0n) is 31.1. The van der Waals surface area contributed by atoms with Crippen molar-refractivity contribution in [1.29, 1.82) is 0 Å². The number of esters is 8. The number of aliphatic hydroxyl groups excluding tert-OH is 1. The molecule has 3 rings (SSSR count). The van der Waals surface area contributed by atoms with Crippen LogP contribution in [0.4, 0.5) is 0 Å². The third-order valence-electron chi connectivity index (χ3n) is 7.73. The number of benzene rings is 1. The summed E-state index contributed by atoms with van der Waals surface area (Å²) in [6.07, 6.45) is -17.2. The van der Waals surface area contributed by atoms with Gasteiger partial charge in [-0.05, 0) is 18.1 Å². The molecule has 2 heterocycles. The molecule has 0 radical (unpaired) electrons. The van der Waals surface area contributed by atoms with Crippen LogP contribution in [0.5, 0.6) is 0 Å². The van der Waals surface area contributed by atoms with Crippen molar-refractivity contribution in [2.24, 2.45) is 0 Å². The predicted molar refractivity (Wildman–Crippen MR) is 176 cm³/mol. The largest absolute Gasteiger partial charge is 0.463 e. The van der Waals surface area contributed by atoms with Gasteiger partial charge in [-0.3, -0.25) is 33.6 Å². The Bertz CT molecular complexity index is 1570. The highest BCUT2D eigenvalue weighted by Crippen LogP contribution is 2.36. The van der Waals surface area contributed by atoms with Crippen molar-refractivity contribution in [2.75, 3.05) is 19.8 Å². The fourth-order valence-corrected chi connectivity index (χ4v) is 5.78. The van der Waals surface area contributed by atoms with Crippen LogP contribution in [-0.2, 0) is 92.1 Å². The molecular formula is C35H44O20. The summed E-state index contributed by atoms with van der Waals surface area (Å²) in [5.41, 5.74) is 0.314. The Balaban J connectivity index is 2.25. The molecule has 20 heteroatoms. The van der Waals surface area contributed by atoms with Crippen molar-refractivity contribution in [2.45, 2.75) is 116 Å². The van der Waals surface area contributed by atoms with Crippen LogP contribution in [0.2, 0.25) is 0 Å². The normalized spacial score (nSPS) is 27.3. The van der Waals surface area contributed by atoms with E-state index < -0.39 is 122 Å². The van der Waals surface area contributed by atoms with Gasteiger partial charge < -0.3 is 57.2 Å². The molecule has 2 saturated heterocycles. The Morgan fingerprint density at radius 2 is 0.964 bits per heavy atom. The second kappa shape index (κ2) is 20.5. The third kappa shape index (κ3) is 13.0. The van der Waals surface area contributed by atoms with Crippen LogP contribution in [0, 0.1) is 0 Å². The molecule has 0 unspecified atom stereocenters.